The van der Waals surface area contributed by atoms with E-state index < -0.39 is 0 Å². The summed E-state index contributed by atoms with van der Waals surface area (Å²) in [6.45, 7) is 4.86. The monoisotopic (exact) mass is 326 g/mol. The van der Waals surface area contributed by atoms with Gasteiger partial charge in [0, 0.05) is 25.7 Å². The number of hydrogen-bond acceptors (Lipinski definition) is 3. The normalized spacial score (nSPS) is 22.3. The maximum Gasteiger partial charge on any atom is 0.270 e. The first kappa shape index (κ1) is 15.6. The van der Waals surface area contributed by atoms with Crippen molar-refractivity contribution < 1.29 is 9.53 Å². The Morgan fingerprint density at radius 1 is 1.33 bits per heavy atom. The van der Waals surface area contributed by atoms with Crippen LogP contribution in [-0.2, 0) is 11.3 Å². The van der Waals surface area contributed by atoms with Gasteiger partial charge in [-0.1, -0.05) is 18.2 Å². The lowest BCUT2D eigenvalue weighted by molar-refractivity contribution is -0.130. The van der Waals surface area contributed by atoms with E-state index in [1.54, 1.807) is 7.11 Å². The van der Waals surface area contributed by atoms with E-state index in [1.807, 2.05) is 12.1 Å². The van der Waals surface area contributed by atoms with Gasteiger partial charge in [0.2, 0.25) is 0 Å². The summed E-state index contributed by atoms with van der Waals surface area (Å²) < 4.78 is 5.44. The minimum Gasteiger partial charge on any atom is -0.496 e. The van der Waals surface area contributed by atoms with E-state index in [9.17, 15) is 4.79 Å². The molecule has 1 atom stereocenters. The highest BCUT2D eigenvalue weighted by molar-refractivity contribution is 5.93. The number of nitrogens with zero attached hydrogens (tertiary/aromatic N) is 2. The molecule has 0 aromatic heterocycles. The average Bonchev–Trinajstić information content (AvgIpc) is 3.37. The number of benzene rings is 1. The number of ether oxygens (including phenoxy) is 1. The quantitative estimate of drug-likeness (QED) is 0.833. The number of hydrogen-bond donors (Lipinski definition) is 0. The molecule has 0 N–H and O–H groups in total. The van der Waals surface area contributed by atoms with Gasteiger partial charge < -0.3 is 14.5 Å². The third-order valence-electron chi connectivity index (χ3n) is 5.70. The van der Waals surface area contributed by atoms with Crippen LogP contribution in [0.4, 0.5) is 0 Å². The van der Waals surface area contributed by atoms with E-state index in [-0.39, 0.29) is 5.91 Å². The fourth-order valence-corrected chi connectivity index (χ4v) is 4.01. The highest BCUT2D eigenvalue weighted by atomic mass is 16.5. The van der Waals surface area contributed by atoms with E-state index >= 15 is 0 Å². The van der Waals surface area contributed by atoms with Crippen LogP contribution in [0.5, 0.6) is 5.75 Å². The molecule has 1 saturated heterocycles. The van der Waals surface area contributed by atoms with E-state index in [0.29, 0.717) is 12.6 Å². The molecular formula is C20H26N2O2. The summed E-state index contributed by atoms with van der Waals surface area (Å²) in [6.07, 6.45) is 6.73. The molecule has 0 spiro atoms. The summed E-state index contributed by atoms with van der Waals surface area (Å²) in [6, 6.07) is 6.52. The Bertz CT molecular complexity index is 678. The lowest BCUT2D eigenvalue weighted by Crippen LogP contribution is -2.40. The highest BCUT2D eigenvalue weighted by Crippen LogP contribution is 2.35. The molecule has 2 fully saturated rings. The van der Waals surface area contributed by atoms with Gasteiger partial charge >= 0.3 is 0 Å². The lowest BCUT2D eigenvalue weighted by Gasteiger charge is -2.31. The summed E-state index contributed by atoms with van der Waals surface area (Å²) in [5, 5.41) is 0. The molecule has 1 saturated carbocycles. The van der Waals surface area contributed by atoms with Gasteiger partial charge in [0.1, 0.15) is 5.75 Å². The summed E-state index contributed by atoms with van der Waals surface area (Å²) in [4.78, 5) is 17.6. The molecule has 4 nitrogen and oxygen atoms in total. The molecule has 2 heterocycles. The van der Waals surface area contributed by atoms with Crippen molar-refractivity contribution in [2.75, 3.05) is 20.2 Å². The van der Waals surface area contributed by atoms with Crippen LogP contribution < -0.4 is 4.74 Å². The molecule has 4 rings (SSSR count). The van der Waals surface area contributed by atoms with Crippen molar-refractivity contribution in [1.82, 2.24) is 9.80 Å². The second kappa shape index (κ2) is 6.15. The number of fused-ring (bicyclic) bond motifs is 2. The molecule has 0 radical (unpaired) electrons. The predicted octanol–water partition coefficient (Wildman–Crippen LogP) is 3.10. The van der Waals surface area contributed by atoms with Gasteiger partial charge in [-0.05, 0) is 55.7 Å². The zero-order valence-electron chi connectivity index (χ0n) is 14.6. The Balaban J connectivity index is 1.57. The van der Waals surface area contributed by atoms with Gasteiger partial charge in [-0.15, -0.1) is 0 Å². The number of carbonyl (C=O) groups is 1. The number of rotatable bonds is 5. The first-order valence-electron chi connectivity index (χ1n) is 9.06. The molecule has 2 bridgehead atoms. The summed E-state index contributed by atoms with van der Waals surface area (Å²) in [5.74, 6) is 1.88. The Morgan fingerprint density at radius 2 is 2.17 bits per heavy atom. The standard InChI is InChI=1S/C20H26N2O2/c1-14-16(4-3-5-19(14)24-2)13-22(17-7-8-17)20(23)18-9-6-15-10-11-21(18)12-15/h3-5,9,15,17H,6-8,10-13H2,1-2H3. The maximum atomic E-state index is 13.2. The average molecular weight is 326 g/mol. The van der Waals surface area contributed by atoms with Crippen molar-refractivity contribution in [2.24, 2.45) is 5.92 Å². The largest absolute Gasteiger partial charge is 0.496 e. The molecule has 1 amide bonds. The Morgan fingerprint density at radius 3 is 2.92 bits per heavy atom. The molecule has 1 aromatic carbocycles. The van der Waals surface area contributed by atoms with Crippen LogP contribution in [0.25, 0.3) is 0 Å². The zero-order valence-corrected chi connectivity index (χ0v) is 14.6. The van der Waals surface area contributed by atoms with Crippen molar-refractivity contribution in [2.45, 2.75) is 45.2 Å². The molecule has 3 aliphatic rings. The molecule has 1 aromatic rings. The van der Waals surface area contributed by atoms with Gasteiger partial charge in [-0.25, -0.2) is 0 Å². The molecule has 1 unspecified atom stereocenters. The van der Waals surface area contributed by atoms with E-state index in [1.165, 1.54) is 12.0 Å². The van der Waals surface area contributed by atoms with Crippen LogP contribution in [0, 0.1) is 12.8 Å². The van der Waals surface area contributed by atoms with Gasteiger partial charge in [0.05, 0.1) is 12.8 Å². The fourth-order valence-electron chi connectivity index (χ4n) is 4.01. The second-order valence-electron chi connectivity index (χ2n) is 7.33. The van der Waals surface area contributed by atoms with Crippen molar-refractivity contribution in [1.29, 1.82) is 0 Å². The Hall–Kier alpha value is -1.97. The SMILES string of the molecule is COc1cccc(CN(C(=O)C2=CCC3CCN2C3)C2CC2)c1C. The van der Waals surface area contributed by atoms with Crippen LogP contribution in [0.2, 0.25) is 0 Å². The minimum absolute atomic E-state index is 0.222. The number of amides is 1. The van der Waals surface area contributed by atoms with E-state index in [2.05, 4.69) is 28.9 Å². The molecule has 2 aliphatic heterocycles. The van der Waals surface area contributed by atoms with Crippen molar-refractivity contribution in [3.8, 4) is 5.75 Å². The molecule has 128 valence electrons. The summed E-state index contributed by atoms with van der Waals surface area (Å²) >= 11 is 0. The second-order valence-corrected chi connectivity index (χ2v) is 7.33. The number of carbonyl (C=O) groups excluding carboxylic acids is 1. The third kappa shape index (κ3) is 2.79. The van der Waals surface area contributed by atoms with Gasteiger partial charge in [0.25, 0.3) is 5.91 Å². The van der Waals surface area contributed by atoms with E-state index in [0.717, 1.165) is 55.3 Å². The van der Waals surface area contributed by atoms with Crippen LogP contribution in [0.3, 0.4) is 0 Å². The van der Waals surface area contributed by atoms with Crippen molar-refractivity contribution in [3.05, 3.63) is 41.1 Å². The van der Waals surface area contributed by atoms with Crippen LogP contribution in [-0.4, -0.2) is 41.9 Å². The third-order valence-corrected chi connectivity index (χ3v) is 5.70. The topological polar surface area (TPSA) is 32.8 Å². The molecular weight excluding hydrogens is 300 g/mol. The molecule has 1 aliphatic carbocycles. The first-order chi connectivity index (χ1) is 11.7. The van der Waals surface area contributed by atoms with Crippen molar-refractivity contribution in [3.63, 3.8) is 0 Å². The fraction of sp³-hybridized carbons (Fsp3) is 0.550. The smallest absolute Gasteiger partial charge is 0.270 e. The summed E-state index contributed by atoms with van der Waals surface area (Å²) in [5.41, 5.74) is 3.26. The van der Waals surface area contributed by atoms with Crippen LogP contribution >= 0.6 is 0 Å². The minimum atomic E-state index is 0.222. The van der Waals surface area contributed by atoms with Gasteiger partial charge in [-0.2, -0.15) is 0 Å². The Labute approximate surface area is 144 Å². The zero-order chi connectivity index (χ0) is 16.7. The van der Waals surface area contributed by atoms with E-state index in [4.69, 9.17) is 4.74 Å². The maximum absolute atomic E-state index is 13.2. The highest BCUT2D eigenvalue weighted by Gasteiger charge is 2.38. The predicted molar refractivity (Wildman–Crippen MR) is 93.7 cm³/mol. The lowest BCUT2D eigenvalue weighted by atomic mass is 10.0. The Kier molecular flexibility index (Phi) is 3.99. The number of allylic oxidation sites excluding steroid dienone is 1. The van der Waals surface area contributed by atoms with Gasteiger partial charge in [-0.3, -0.25) is 4.79 Å². The molecule has 24 heavy (non-hydrogen) atoms. The molecule has 4 heteroatoms. The summed E-state index contributed by atoms with van der Waals surface area (Å²) in [7, 11) is 1.70. The van der Waals surface area contributed by atoms with Crippen LogP contribution in [0.1, 0.15) is 36.8 Å². The van der Waals surface area contributed by atoms with Crippen molar-refractivity contribution >= 4 is 5.91 Å². The number of methoxy groups -OCH3 is 1. The van der Waals surface area contributed by atoms with Crippen LogP contribution in [0.15, 0.2) is 30.0 Å². The van der Waals surface area contributed by atoms with Gasteiger partial charge in [0.15, 0.2) is 0 Å². The first-order valence-corrected chi connectivity index (χ1v) is 9.06.